The zero-order chi connectivity index (χ0) is 13.1. The van der Waals surface area contributed by atoms with Gasteiger partial charge in [0, 0.05) is 25.2 Å². The molecule has 1 aliphatic carbocycles. The summed E-state index contributed by atoms with van der Waals surface area (Å²) in [5.41, 5.74) is 0. The molecular weight excluding hydrogens is 224 g/mol. The van der Waals surface area contributed by atoms with Crippen molar-refractivity contribution in [3.63, 3.8) is 0 Å². The summed E-state index contributed by atoms with van der Waals surface area (Å²) >= 11 is 0. The van der Waals surface area contributed by atoms with Gasteiger partial charge in [0.25, 0.3) is 0 Å². The molecule has 3 nitrogen and oxygen atoms in total. The molecule has 2 aliphatic rings. The lowest BCUT2D eigenvalue weighted by Gasteiger charge is -2.30. The Morgan fingerprint density at radius 3 is 2.39 bits per heavy atom. The lowest BCUT2D eigenvalue weighted by atomic mass is 10.0. The molecule has 1 aliphatic heterocycles. The number of hydrogen-bond donors (Lipinski definition) is 1. The third-order valence-electron chi connectivity index (χ3n) is 4.56. The average Bonchev–Trinajstić information content (AvgIpc) is 3.06. The molecule has 3 heteroatoms. The molecule has 2 fully saturated rings. The zero-order valence-corrected chi connectivity index (χ0v) is 12.5. The molecule has 18 heavy (non-hydrogen) atoms. The van der Waals surface area contributed by atoms with Crippen molar-refractivity contribution >= 4 is 0 Å². The first kappa shape index (κ1) is 14.3. The van der Waals surface area contributed by atoms with E-state index >= 15 is 0 Å². The fourth-order valence-electron chi connectivity index (χ4n) is 2.65. The van der Waals surface area contributed by atoms with Crippen LogP contribution in [0.25, 0.3) is 0 Å². The van der Waals surface area contributed by atoms with E-state index in [-0.39, 0.29) is 0 Å². The zero-order valence-electron chi connectivity index (χ0n) is 12.5. The highest BCUT2D eigenvalue weighted by molar-refractivity contribution is 4.85. The minimum atomic E-state index is 0.446. The molecule has 1 N–H and O–H groups in total. The van der Waals surface area contributed by atoms with E-state index < -0.39 is 0 Å². The van der Waals surface area contributed by atoms with E-state index in [2.05, 4.69) is 38.0 Å². The largest absolute Gasteiger partial charge is 0.372 e. The molecule has 2 rings (SSSR count). The number of nitrogens with one attached hydrogen (secondary N) is 1. The Kier molecular flexibility index (Phi) is 5.05. The standard InChI is InChI=1S/C15H30N2O/c1-11(2)12(3)17(4)10-15-8-7-14(18-15)9-16-13-5-6-13/h11-16H,5-10H2,1-4H3. The molecule has 3 unspecified atom stereocenters. The van der Waals surface area contributed by atoms with Gasteiger partial charge in [0.1, 0.15) is 0 Å². The first-order valence-corrected chi connectivity index (χ1v) is 7.65. The van der Waals surface area contributed by atoms with Crippen molar-refractivity contribution in [1.29, 1.82) is 0 Å². The van der Waals surface area contributed by atoms with Gasteiger partial charge in [-0.1, -0.05) is 13.8 Å². The van der Waals surface area contributed by atoms with E-state index in [4.69, 9.17) is 4.74 Å². The summed E-state index contributed by atoms with van der Waals surface area (Å²) in [6.45, 7) is 9.04. The second-order valence-corrected chi connectivity index (χ2v) is 6.56. The molecule has 0 aromatic carbocycles. The molecular formula is C15H30N2O. The lowest BCUT2D eigenvalue weighted by molar-refractivity contribution is 0.0181. The molecule has 1 heterocycles. The fraction of sp³-hybridized carbons (Fsp3) is 1.00. The van der Waals surface area contributed by atoms with Gasteiger partial charge in [-0.3, -0.25) is 0 Å². The van der Waals surface area contributed by atoms with Crippen molar-refractivity contribution in [2.45, 2.75) is 70.7 Å². The first-order chi connectivity index (χ1) is 8.56. The Balaban J connectivity index is 1.64. The van der Waals surface area contributed by atoms with Crippen molar-refractivity contribution in [2.24, 2.45) is 5.92 Å². The van der Waals surface area contributed by atoms with Crippen LogP contribution in [0.4, 0.5) is 0 Å². The molecule has 0 aromatic heterocycles. The predicted molar refractivity (Wildman–Crippen MR) is 75.8 cm³/mol. The van der Waals surface area contributed by atoms with E-state index in [1.54, 1.807) is 0 Å². The van der Waals surface area contributed by atoms with Crippen LogP contribution in [-0.2, 0) is 4.74 Å². The third-order valence-corrected chi connectivity index (χ3v) is 4.56. The molecule has 106 valence electrons. The maximum atomic E-state index is 6.14. The van der Waals surface area contributed by atoms with E-state index in [0.717, 1.165) is 19.1 Å². The van der Waals surface area contributed by atoms with Gasteiger partial charge in [-0.05, 0) is 45.6 Å². The Morgan fingerprint density at radius 1 is 1.11 bits per heavy atom. The van der Waals surface area contributed by atoms with E-state index in [1.165, 1.54) is 25.7 Å². The van der Waals surface area contributed by atoms with Gasteiger partial charge in [-0.15, -0.1) is 0 Å². The van der Waals surface area contributed by atoms with E-state index in [1.807, 2.05) is 0 Å². The molecule has 0 spiro atoms. The quantitative estimate of drug-likeness (QED) is 0.754. The molecule has 0 radical (unpaired) electrons. The Hall–Kier alpha value is -0.120. The summed E-state index contributed by atoms with van der Waals surface area (Å²) in [6, 6.07) is 1.44. The molecule has 1 saturated carbocycles. The van der Waals surface area contributed by atoms with Gasteiger partial charge in [0.2, 0.25) is 0 Å². The second-order valence-electron chi connectivity index (χ2n) is 6.56. The number of hydrogen-bond acceptors (Lipinski definition) is 3. The highest BCUT2D eigenvalue weighted by Crippen LogP contribution is 2.23. The molecule has 0 bridgehead atoms. The molecule has 1 saturated heterocycles. The maximum Gasteiger partial charge on any atom is 0.0707 e. The molecule has 3 atom stereocenters. The van der Waals surface area contributed by atoms with Crippen molar-refractivity contribution in [1.82, 2.24) is 10.2 Å². The average molecular weight is 254 g/mol. The summed E-state index contributed by atoms with van der Waals surface area (Å²) < 4.78 is 6.14. The number of ether oxygens (including phenoxy) is 1. The van der Waals surface area contributed by atoms with Crippen LogP contribution in [0.15, 0.2) is 0 Å². The van der Waals surface area contributed by atoms with Gasteiger partial charge in [-0.25, -0.2) is 0 Å². The Bertz CT molecular complexity index is 253. The minimum absolute atomic E-state index is 0.446. The van der Waals surface area contributed by atoms with E-state index in [9.17, 15) is 0 Å². The Morgan fingerprint density at radius 2 is 1.78 bits per heavy atom. The summed E-state index contributed by atoms with van der Waals surface area (Å²) in [5, 5.41) is 3.57. The summed E-state index contributed by atoms with van der Waals surface area (Å²) in [6.07, 6.45) is 6.09. The Labute approximate surface area is 112 Å². The fourth-order valence-corrected chi connectivity index (χ4v) is 2.65. The summed E-state index contributed by atoms with van der Waals surface area (Å²) in [7, 11) is 2.23. The van der Waals surface area contributed by atoms with Crippen LogP contribution in [-0.4, -0.2) is 49.3 Å². The minimum Gasteiger partial charge on any atom is -0.372 e. The number of rotatable bonds is 7. The van der Waals surface area contributed by atoms with Crippen LogP contribution in [0.3, 0.4) is 0 Å². The van der Waals surface area contributed by atoms with Crippen LogP contribution in [0, 0.1) is 5.92 Å². The van der Waals surface area contributed by atoms with Crippen molar-refractivity contribution in [3.8, 4) is 0 Å². The van der Waals surface area contributed by atoms with Gasteiger partial charge < -0.3 is 15.0 Å². The lowest BCUT2D eigenvalue weighted by Crippen LogP contribution is -2.39. The second kappa shape index (κ2) is 6.36. The van der Waals surface area contributed by atoms with Gasteiger partial charge >= 0.3 is 0 Å². The van der Waals surface area contributed by atoms with Crippen LogP contribution < -0.4 is 5.32 Å². The molecule has 0 amide bonds. The van der Waals surface area contributed by atoms with Crippen molar-refractivity contribution in [3.05, 3.63) is 0 Å². The normalized spacial score (nSPS) is 30.3. The highest BCUT2D eigenvalue weighted by Gasteiger charge is 2.29. The SMILES string of the molecule is CC(C)C(C)N(C)CC1CCC(CNC2CC2)O1. The smallest absolute Gasteiger partial charge is 0.0707 e. The third kappa shape index (κ3) is 4.22. The summed E-state index contributed by atoms with van der Waals surface area (Å²) in [5.74, 6) is 0.712. The van der Waals surface area contributed by atoms with Crippen molar-refractivity contribution in [2.75, 3.05) is 20.1 Å². The highest BCUT2D eigenvalue weighted by atomic mass is 16.5. The maximum absolute atomic E-state index is 6.14. The summed E-state index contributed by atoms with van der Waals surface area (Å²) in [4.78, 5) is 2.45. The van der Waals surface area contributed by atoms with Gasteiger partial charge in [-0.2, -0.15) is 0 Å². The monoisotopic (exact) mass is 254 g/mol. The topological polar surface area (TPSA) is 24.5 Å². The van der Waals surface area contributed by atoms with Crippen molar-refractivity contribution < 1.29 is 4.74 Å². The van der Waals surface area contributed by atoms with Crippen LogP contribution >= 0.6 is 0 Å². The van der Waals surface area contributed by atoms with Gasteiger partial charge in [0.05, 0.1) is 12.2 Å². The number of nitrogens with zero attached hydrogens (tertiary/aromatic N) is 1. The van der Waals surface area contributed by atoms with E-state index in [0.29, 0.717) is 24.2 Å². The molecule has 0 aromatic rings. The van der Waals surface area contributed by atoms with Crippen LogP contribution in [0.2, 0.25) is 0 Å². The van der Waals surface area contributed by atoms with Crippen LogP contribution in [0.5, 0.6) is 0 Å². The van der Waals surface area contributed by atoms with Gasteiger partial charge in [0.15, 0.2) is 0 Å². The van der Waals surface area contributed by atoms with Crippen LogP contribution in [0.1, 0.15) is 46.5 Å². The predicted octanol–water partition coefficient (Wildman–Crippen LogP) is 2.26. The number of likely N-dealkylation sites (N-methyl/N-ethyl adjacent to an activating group) is 1. The first-order valence-electron chi connectivity index (χ1n) is 7.65.